The maximum atomic E-state index is 13.9. The first-order valence-corrected chi connectivity index (χ1v) is 9.02. The van der Waals surface area contributed by atoms with Gasteiger partial charge in [0.1, 0.15) is 11.6 Å². The number of anilines is 2. The number of esters is 1. The predicted molar refractivity (Wildman–Crippen MR) is 99.2 cm³/mol. The number of ether oxygens (including phenoxy) is 1. The molecule has 1 amide bonds. The first-order valence-electron chi connectivity index (χ1n) is 9.02. The van der Waals surface area contributed by atoms with Gasteiger partial charge >= 0.3 is 5.97 Å². The number of benzene rings is 1. The van der Waals surface area contributed by atoms with E-state index in [0.717, 1.165) is 6.42 Å². The summed E-state index contributed by atoms with van der Waals surface area (Å²) in [6.45, 7) is 2.96. The van der Waals surface area contributed by atoms with Gasteiger partial charge in [0.25, 0.3) is 5.91 Å². The van der Waals surface area contributed by atoms with Crippen molar-refractivity contribution < 1.29 is 18.7 Å². The smallest absolute Gasteiger partial charge is 0.310 e. The molecule has 0 saturated carbocycles. The van der Waals surface area contributed by atoms with E-state index in [2.05, 4.69) is 10.3 Å². The van der Waals surface area contributed by atoms with Crippen molar-refractivity contribution in [3.63, 3.8) is 0 Å². The molecule has 2 aromatic rings. The Morgan fingerprint density at radius 3 is 2.89 bits per heavy atom. The first-order chi connectivity index (χ1) is 13.1. The Bertz CT molecular complexity index is 828. The van der Waals surface area contributed by atoms with Crippen molar-refractivity contribution in [3.05, 3.63) is 54.0 Å². The van der Waals surface area contributed by atoms with Gasteiger partial charge in [-0.3, -0.25) is 9.59 Å². The number of nitrogens with zero attached hydrogens (tertiary/aromatic N) is 2. The Morgan fingerprint density at radius 1 is 1.30 bits per heavy atom. The third kappa shape index (κ3) is 4.42. The molecule has 1 N–H and O–H groups in total. The van der Waals surface area contributed by atoms with Crippen molar-refractivity contribution in [2.75, 3.05) is 25.0 Å². The summed E-state index contributed by atoms with van der Waals surface area (Å²) in [5, 5.41) is 2.89. The average molecular weight is 371 g/mol. The number of aromatic nitrogens is 1. The van der Waals surface area contributed by atoms with Crippen LogP contribution in [0, 0.1) is 11.7 Å². The molecule has 1 saturated heterocycles. The molecule has 1 aliphatic heterocycles. The number of rotatable bonds is 5. The van der Waals surface area contributed by atoms with E-state index in [0.29, 0.717) is 31.7 Å². The van der Waals surface area contributed by atoms with E-state index in [-0.39, 0.29) is 29.3 Å². The average Bonchev–Trinajstić information content (AvgIpc) is 2.70. The van der Waals surface area contributed by atoms with Crippen molar-refractivity contribution in [1.29, 1.82) is 0 Å². The number of hydrogen-bond acceptors (Lipinski definition) is 5. The molecule has 1 unspecified atom stereocenters. The fourth-order valence-corrected chi connectivity index (χ4v) is 3.15. The largest absolute Gasteiger partial charge is 0.466 e. The summed E-state index contributed by atoms with van der Waals surface area (Å²) in [5.74, 6) is -0.975. The van der Waals surface area contributed by atoms with Gasteiger partial charge in [-0.25, -0.2) is 9.37 Å². The molecule has 1 aliphatic rings. The molecule has 3 rings (SSSR count). The van der Waals surface area contributed by atoms with Crippen LogP contribution in [-0.2, 0) is 9.53 Å². The molecule has 1 aromatic heterocycles. The lowest BCUT2D eigenvalue weighted by Crippen LogP contribution is -2.43. The summed E-state index contributed by atoms with van der Waals surface area (Å²) in [6, 6.07) is 9.51. The summed E-state index contributed by atoms with van der Waals surface area (Å²) in [7, 11) is 0. The Balaban J connectivity index is 1.79. The summed E-state index contributed by atoms with van der Waals surface area (Å²) in [5.41, 5.74) is 0.582. The molecule has 1 aromatic carbocycles. The maximum Gasteiger partial charge on any atom is 0.310 e. The predicted octanol–water partition coefficient (Wildman–Crippen LogP) is 3.38. The molecule has 1 atom stereocenters. The van der Waals surface area contributed by atoms with E-state index in [1.54, 1.807) is 42.2 Å². The first kappa shape index (κ1) is 18.8. The van der Waals surface area contributed by atoms with E-state index in [9.17, 15) is 14.0 Å². The third-order valence-corrected chi connectivity index (χ3v) is 4.49. The molecular formula is C20H22FN3O3. The molecule has 7 heteroatoms. The van der Waals surface area contributed by atoms with Crippen molar-refractivity contribution >= 4 is 23.4 Å². The van der Waals surface area contributed by atoms with Crippen LogP contribution in [0.15, 0.2) is 42.6 Å². The lowest BCUT2D eigenvalue weighted by molar-refractivity contribution is -0.149. The highest BCUT2D eigenvalue weighted by atomic mass is 19.1. The van der Waals surface area contributed by atoms with E-state index < -0.39 is 5.82 Å². The zero-order chi connectivity index (χ0) is 19.2. The van der Waals surface area contributed by atoms with Gasteiger partial charge in [0.2, 0.25) is 0 Å². The molecule has 0 spiro atoms. The Morgan fingerprint density at radius 2 is 2.11 bits per heavy atom. The van der Waals surface area contributed by atoms with E-state index in [4.69, 9.17) is 4.74 Å². The number of halogens is 1. The molecule has 1 fully saturated rings. The second-order valence-electron chi connectivity index (χ2n) is 6.35. The minimum absolute atomic E-state index is 0.240. The van der Waals surface area contributed by atoms with Gasteiger partial charge < -0.3 is 15.0 Å². The second-order valence-corrected chi connectivity index (χ2v) is 6.35. The van der Waals surface area contributed by atoms with Crippen LogP contribution in [0.2, 0.25) is 0 Å². The Labute approximate surface area is 157 Å². The van der Waals surface area contributed by atoms with E-state index in [1.807, 2.05) is 0 Å². The molecule has 0 aliphatic carbocycles. The lowest BCUT2D eigenvalue weighted by atomic mass is 9.97. The summed E-state index contributed by atoms with van der Waals surface area (Å²) >= 11 is 0. The molecular weight excluding hydrogens is 349 g/mol. The van der Waals surface area contributed by atoms with Gasteiger partial charge in [-0.15, -0.1) is 0 Å². The molecule has 142 valence electrons. The molecule has 0 bridgehead atoms. The minimum atomic E-state index is -0.429. The summed E-state index contributed by atoms with van der Waals surface area (Å²) in [4.78, 5) is 30.9. The normalized spacial score (nSPS) is 16.7. The molecule has 27 heavy (non-hydrogen) atoms. The number of piperidine rings is 1. The van der Waals surface area contributed by atoms with E-state index in [1.165, 1.54) is 12.3 Å². The van der Waals surface area contributed by atoms with Gasteiger partial charge in [-0.05, 0) is 44.0 Å². The second kappa shape index (κ2) is 8.62. The number of nitrogens with one attached hydrogen (secondary N) is 1. The fourth-order valence-electron chi connectivity index (χ4n) is 3.15. The van der Waals surface area contributed by atoms with Gasteiger partial charge in [0.05, 0.1) is 23.8 Å². The van der Waals surface area contributed by atoms with E-state index >= 15 is 0 Å². The third-order valence-electron chi connectivity index (χ3n) is 4.49. The zero-order valence-corrected chi connectivity index (χ0v) is 15.2. The standard InChI is InChI=1S/C20H22FN3O3/c1-2-27-20(26)14-7-6-12-24(13-14)19(25)15-8-5-11-22-18(15)23-17-10-4-3-9-16(17)21/h3-5,8-11,14H,2,6-7,12-13H2,1H3,(H,22,23). The van der Waals surface area contributed by atoms with Gasteiger partial charge in [-0.2, -0.15) is 0 Å². The number of hydrogen-bond donors (Lipinski definition) is 1. The van der Waals surface area contributed by atoms with Crippen LogP contribution in [0.1, 0.15) is 30.1 Å². The molecule has 0 radical (unpaired) electrons. The summed E-state index contributed by atoms with van der Waals surface area (Å²) in [6.07, 6.45) is 2.97. The maximum absolute atomic E-state index is 13.9. The quantitative estimate of drug-likeness (QED) is 0.816. The fraction of sp³-hybridized carbons (Fsp3) is 0.350. The highest BCUT2D eigenvalue weighted by molar-refractivity contribution is 5.99. The summed E-state index contributed by atoms with van der Waals surface area (Å²) < 4.78 is 19.0. The number of carbonyl (C=O) groups excluding carboxylic acids is 2. The number of para-hydroxylation sites is 1. The Kier molecular flexibility index (Phi) is 6.01. The number of amides is 1. The topological polar surface area (TPSA) is 71.5 Å². The van der Waals surface area contributed by atoms with Crippen LogP contribution in [0.5, 0.6) is 0 Å². The monoisotopic (exact) mass is 371 g/mol. The van der Waals surface area contributed by atoms with Crippen LogP contribution >= 0.6 is 0 Å². The highest BCUT2D eigenvalue weighted by Crippen LogP contribution is 2.25. The van der Waals surface area contributed by atoms with Gasteiger partial charge in [-0.1, -0.05) is 12.1 Å². The Hall–Kier alpha value is -2.96. The van der Waals surface area contributed by atoms with Crippen LogP contribution < -0.4 is 5.32 Å². The van der Waals surface area contributed by atoms with Gasteiger partial charge in [0.15, 0.2) is 0 Å². The zero-order valence-electron chi connectivity index (χ0n) is 15.2. The van der Waals surface area contributed by atoms with Crippen molar-refractivity contribution in [1.82, 2.24) is 9.88 Å². The SMILES string of the molecule is CCOC(=O)C1CCCN(C(=O)c2cccnc2Nc2ccccc2F)C1. The number of carbonyl (C=O) groups is 2. The number of likely N-dealkylation sites (tertiary alicyclic amines) is 1. The molecule has 6 nitrogen and oxygen atoms in total. The van der Waals surface area contributed by atoms with Gasteiger partial charge in [0, 0.05) is 19.3 Å². The van der Waals surface area contributed by atoms with Crippen LogP contribution in [0.25, 0.3) is 0 Å². The number of pyridine rings is 1. The van der Waals surface area contributed by atoms with Crippen molar-refractivity contribution in [2.24, 2.45) is 5.92 Å². The highest BCUT2D eigenvalue weighted by Gasteiger charge is 2.30. The van der Waals surface area contributed by atoms with Crippen LogP contribution in [0.4, 0.5) is 15.9 Å². The van der Waals surface area contributed by atoms with Crippen molar-refractivity contribution in [3.8, 4) is 0 Å². The lowest BCUT2D eigenvalue weighted by Gasteiger charge is -2.31. The van der Waals surface area contributed by atoms with Crippen molar-refractivity contribution in [2.45, 2.75) is 19.8 Å². The van der Waals surface area contributed by atoms with Crippen LogP contribution in [-0.4, -0.2) is 41.5 Å². The van der Waals surface area contributed by atoms with Crippen LogP contribution in [0.3, 0.4) is 0 Å². The minimum Gasteiger partial charge on any atom is -0.466 e. The molecule has 2 heterocycles.